The Labute approximate surface area is 179 Å². The van der Waals surface area contributed by atoms with Gasteiger partial charge in [0.15, 0.2) is 17.3 Å². The number of carbonyl (C=O) groups is 2. The highest BCUT2D eigenvalue weighted by atomic mass is 16.7. The Morgan fingerprint density at radius 3 is 2.77 bits per heavy atom. The number of amides is 2. The molecule has 0 aliphatic carbocycles. The number of furan rings is 1. The molecule has 0 saturated heterocycles. The number of anilines is 1. The first-order chi connectivity index (χ1) is 15.2. The van der Waals surface area contributed by atoms with Crippen molar-refractivity contribution in [2.24, 2.45) is 0 Å². The lowest BCUT2D eigenvalue weighted by molar-refractivity contribution is -0.116. The van der Waals surface area contributed by atoms with E-state index in [0.29, 0.717) is 42.5 Å². The second-order valence-electron chi connectivity index (χ2n) is 6.89. The van der Waals surface area contributed by atoms with Crippen LogP contribution < -0.4 is 24.8 Å². The van der Waals surface area contributed by atoms with E-state index in [4.69, 9.17) is 18.6 Å². The van der Waals surface area contributed by atoms with Gasteiger partial charge in [0.25, 0.3) is 5.91 Å². The minimum Gasteiger partial charge on any atom is -0.489 e. The molecule has 1 aliphatic rings. The van der Waals surface area contributed by atoms with E-state index in [2.05, 4.69) is 10.6 Å². The molecule has 31 heavy (non-hydrogen) atoms. The van der Waals surface area contributed by atoms with Crippen molar-refractivity contribution < 1.29 is 28.2 Å². The fraction of sp³-hybridized carbons (Fsp3) is 0.217. The van der Waals surface area contributed by atoms with Crippen molar-refractivity contribution in [1.29, 1.82) is 0 Å². The molecule has 0 fully saturated rings. The van der Waals surface area contributed by atoms with Crippen LogP contribution in [-0.2, 0) is 11.4 Å². The Morgan fingerprint density at radius 1 is 1.00 bits per heavy atom. The number of benzene rings is 2. The summed E-state index contributed by atoms with van der Waals surface area (Å²) < 4.78 is 21.5. The van der Waals surface area contributed by atoms with E-state index < -0.39 is 0 Å². The fourth-order valence-electron chi connectivity index (χ4n) is 3.04. The number of fused-ring (bicyclic) bond motifs is 1. The smallest absolute Gasteiger partial charge is 0.286 e. The minimum absolute atomic E-state index is 0.124. The molecule has 0 atom stereocenters. The monoisotopic (exact) mass is 422 g/mol. The molecule has 1 aliphatic heterocycles. The summed E-state index contributed by atoms with van der Waals surface area (Å²) in [5.74, 6) is 1.89. The number of ether oxygens (including phenoxy) is 3. The topological polar surface area (TPSA) is 99.0 Å². The first-order valence-electron chi connectivity index (χ1n) is 9.90. The van der Waals surface area contributed by atoms with Gasteiger partial charge in [-0.15, -0.1) is 0 Å². The van der Waals surface area contributed by atoms with Gasteiger partial charge >= 0.3 is 0 Å². The summed E-state index contributed by atoms with van der Waals surface area (Å²) in [4.78, 5) is 24.0. The van der Waals surface area contributed by atoms with Crippen LogP contribution >= 0.6 is 0 Å². The normalized spacial score (nSPS) is 11.7. The zero-order valence-corrected chi connectivity index (χ0v) is 16.8. The van der Waals surface area contributed by atoms with Gasteiger partial charge in [0.1, 0.15) is 12.4 Å². The standard InChI is InChI=1S/C23H22N2O6/c26-22(7-2-10-24-23(27)20-6-3-11-28-20)25-17-5-1-4-16(12-17)14-29-18-8-9-19-21(13-18)31-15-30-19/h1,3-6,8-9,11-13H,2,7,10,14-15H2,(H,24,27)(H,25,26). The average Bonchev–Trinajstić information content (AvgIpc) is 3.47. The van der Waals surface area contributed by atoms with E-state index in [1.807, 2.05) is 36.4 Å². The van der Waals surface area contributed by atoms with Crippen LogP contribution in [0.4, 0.5) is 5.69 Å². The summed E-state index contributed by atoms with van der Waals surface area (Å²) in [6.45, 7) is 0.954. The van der Waals surface area contributed by atoms with Gasteiger partial charge in [-0.1, -0.05) is 12.1 Å². The van der Waals surface area contributed by atoms with E-state index in [-0.39, 0.29) is 30.8 Å². The van der Waals surface area contributed by atoms with Gasteiger partial charge < -0.3 is 29.3 Å². The second-order valence-corrected chi connectivity index (χ2v) is 6.89. The molecule has 0 saturated carbocycles. The molecular weight excluding hydrogens is 400 g/mol. The van der Waals surface area contributed by atoms with Crippen LogP contribution in [0.25, 0.3) is 0 Å². The molecule has 2 amide bonds. The largest absolute Gasteiger partial charge is 0.489 e. The molecule has 4 rings (SSSR count). The van der Waals surface area contributed by atoms with Crippen LogP contribution in [0.3, 0.4) is 0 Å². The molecule has 0 unspecified atom stereocenters. The second kappa shape index (κ2) is 9.71. The average molecular weight is 422 g/mol. The number of carbonyl (C=O) groups excluding carboxylic acids is 2. The SMILES string of the molecule is O=C(CCCNC(=O)c1ccco1)Nc1cccc(COc2ccc3c(c2)OCO3)c1. The van der Waals surface area contributed by atoms with Gasteiger partial charge in [0.05, 0.1) is 6.26 Å². The Hall–Kier alpha value is -3.94. The molecule has 8 heteroatoms. The lowest BCUT2D eigenvalue weighted by Crippen LogP contribution is -2.25. The summed E-state index contributed by atoms with van der Waals surface area (Å²) in [6, 6.07) is 16.1. The molecule has 160 valence electrons. The van der Waals surface area contributed by atoms with Gasteiger partial charge in [-0.05, 0) is 48.4 Å². The molecule has 0 spiro atoms. The molecule has 2 heterocycles. The third-order valence-corrected chi connectivity index (χ3v) is 4.57. The lowest BCUT2D eigenvalue weighted by atomic mass is 10.2. The van der Waals surface area contributed by atoms with Gasteiger partial charge in [-0.25, -0.2) is 0 Å². The van der Waals surface area contributed by atoms with Crippen molar-refractivity contribution >= 4 is 17.5 Å². The third kappa shape index (κ3) is 5.57. The summed E-state index contributed by atoms with van der Waals surface area (Å²) in [6.07, 6.45) is 2.25. The van der Waals surface area contributed by atoms with Crippen molar-refractivity contribution in [3.05, 3.63) is 72.2 Å². The van der Waals surface area contributed by atoms with Crippen molar-refractivity contribution in [3.8, 4) is 17.2 Å². The van der Waals surface area contributed by atoms with E-state index >= 15 is 0 Å². The molecular formula is C23H22N2O6. The Balaban J connectivity index is 1.20. The third-order valence-electron chi connectivity index (χ3n) is 4.57. The van der Waals surface area contributed by atoms with Crippen molar-refractivity contribution in [1.82, 2.24) is 5.32 Å². The van der Waals surface area contributed by atoms with Crippen LogP contribution in [0.2, 0.25) is 0 Å². The Bertz CT molecular complexity index is 1050. The highest BCUT2D eigenvalue weighted by molar-refractivity contribution is 5.92. The van der Waals surface area contributed by atoms with Crippen LogP contribution in [0, 0.1) is 0 Å². The highest BCUT2D eigenvalue weighted by Crippen LogP contribution is 2.35. The Morgan fingerprint density at radius 2 is 1.90 bits per heavy atom. The first-order valence-corrected chi connectivity index (χ1v) is 9.90. The zero-order valence-electron chi connectivity index (χ0n) is 16.8. The molecule has 3 aromatic rings. The summed E-state index contributed by atoms with van der Waals surface area (Å²) in [7, 11) is 0. The van der Waals surface area contributed by atoms with Crippen LogP contribution in [-0.4, -0.2) is 25.2 Å². The maximum Gasteiger partial charge on any atom is 0.286 e. The van der Waals surface area contributed by atoms with E-state index in [1.165, 1.54) is 6.26 Å². The van der Waals surface area contributed by atoms with Crippen molar-refractivity contribution in [2.75, 3.05) is 18.7 Å². The van der Waals surface area contributed by atoms with E-state index in [0.717, 1.165) is 5.56 Å². The van der Waals surface area contributed by atoms with Crippen LogP contribution in [0.1, 0.15) is 29.0 Å². The predicted octanol–water partition coefficient (Wildman–Crippen LogP) is 3.74. The number of hydrogen-bond donors (Lipinski definition) is 2. The first kappa shape index (κ1) is 20.3. The van der Waals surface area contributed by atoms with Crippen LogP contribution in [0.15, 0.2) is 65.3 Å². The van der Waals surface area contributed by atoms with E-state index in [9.17, 15) is 9.59 Å². The Kier molecular flexibility index (Phi) is 6.37. The van der Waals surface area contributed by atoms with Crippen molar-refractivity contribution in [2.45, 2.75) is 19.4 Å². The van der Waals surface area contributed by atoms with Crippen molar-refractivity contribution in [3.63, 3.8) is 0 Å². The summed E-state index contributed by atoms with van der Waals surface area (Å²) in [5, 5.41) is 5.58. The molecule has 8 nitrogen and oxygen atoms in total. The lowest BCUT2D eigenvalue weighted by Gasteiger charge is -2.10. The van der Waals surface area contributed by atoms with Gasteiger partial charge in [-0.3, -0.25) is 9.59 Å². The molecule has 0 radical (unpaired) electrons. The number of nitrogens with one attached hydrogen (secondary N) is 2. The maximum atomic E-state index is 12.2. The number of hydrogen-bond acceptors (Lipinski definition) is 6. The van der Waals surface area contributed by atoms with Gasteiger partial charge in [0, 0.05) is 24.7 Å². The predicted molar refractivity (Wildman–Crippen MR) is 112 cm³/mol. The van der Waals surface area contributed by atoms with Gasteiger partial charge in [0.2, 0.25) is 12.7 Å². The quantitative estimate of drug-likeness (QED) is 0.510. The van der Waals surface area contributed by atoms with Crippen LogP contribution in [0.5, 0.6) is 17.2 Å². The molecule has 0 bridgehead atoms. The molecule has 2 N–H and O–H groups in total. The molecule has 2 aromatic carbocycles. The fourth-order valence-corrected chi connectivity index (χ4v) is 3.04. The molecule has 1 aromatic heterocycles. The summed E-state index contributed by atoms with van der Waals surface area (Å²) in [5.41, 5.74) is 1.61. The van der Waals surface area contributed by atoms with Gasteiger partial charge in [-0.2, -0.15) is 0 Å². The minimum atomic E-state index is -0.291. The highest BCUT2D eigenvalue weighted by Gasteiger charge is 2.14. The van der Waals surface area contributed by atoms with E-state index in [1.54, 1.807) is 18.2 Å². The zero-order chi connectivity index (χ0) is 21.5. The maximum absolute atomic E-state index is 12.2. The number of rotatable bonds is 9. The summed E-state index contributed by atoms with van der Waals surface area (Å²) >= 11 is 0.